The number of para-hydroxylation sites is 1. The molecule has 0 saturated heterocycles. The van der Waals surface area contributed by atoms with E-state index >= 15 is 0 Å². The predicted octanol–water partition coefficient (Wildman–Crippen LogP) is 6.27. The second kappa shape index (κ2) is 7.87. The highest BCUT2D eigenvalue weighted by atomic mass is 35.5. The number of aromatic amines is 1. The lowest BCUT2D eigenvalue weighted by Gasteiger charge is -2.36. The van der Waals surface area contributed by atoms with Gasteiger partial charge in [-0.15, -0.1) is 0 Å². The van der Waals surface area contributed by atoms with Crippen molar-refractivity contribution in [1.82, 2.24) is 9.88 Å². The summed E-state index contributed by atoms with van der Waals surface area (Å²) in [5, 5.41) is 2.00. The minimum absolute atomic E-state index is 0.0699. The number of aromatic nitrogens is 1. The van der Waals surface area contributed by atoms with Crippen LogP contribution in [0.1, 0.15) is 61.4 Å². The smallest absolute Gasteiger partial charge is 0.223 e. The fraction of sp³-hybridized carbons (Fsp3) is 0.400. The molecule has 0 bridgehead atoms. The second-order valence-electron chi connectivity index (χ2n) is 8.54. The summed E-state index contributed by atoms with van der Waals surface area (Å²) in [5.74, 6) is 1.02. The van der Waals surface area contributed by atoms with Gasteiger partial charge in [0.15, 0.2) is 0 Å². The van der Waals surface area contributed by atoms with Crippen molar-refractivity contribution in [3.8, 4) is 0 Å². The minimum atomic E-state index is -0.0699. The number of benzene rings is 2. The maximum atomic E-state index is 13.3. The summed E-state index contributed by atoms with van der Waals surface area (Å²) in [4.78, 5) is 19.0. The van der Waals surface area contributed by atoms with Crippen LogP contribution in [0, 0.1) is 5.92 Å². The fourth-order valence-corrected chi connectivity index (χ4v) is 5.40. The molecule has 29 heavy (non-hydrogen) atoms. The summed E-state index contributed by atoms with van der Waals surface area (Å²) in [6, 6.07) is 16.4. The molecular formula is C25H27ClN2O. The summed E-state index contributed by atoms with van der Waals surface area (Å²) in [7, 11) is 0. The standard InChI is InChI=1S/C25H27ClN2O/c26-19-12-10-18(11-13-19)25-24-21(20-7-3-4-8-22(20)27-24)15-16-28(25)23(29)14-9-17-5-1-2-6-17/h3-4,7-8,10-13,17,25,27H,1-2,5-6,9,14-16H2/t25-/m0/s1. The number of fused-ring (bicyclic) bond motifs is 3. The predicted molar refractivity (Wildman–Crippen MR) is 118 cm³/mol. The van der Waals surface area contributed by atoms with Gasteiger partial charge in [-0.05, 0) is 48.1 Å². The summed E-state index contributed by atoms with van der Waals surface area (Å²) >= 11 is 6.15. The average molecular weight is 407 g/mol. The first-order valence-corrected chi connectivity index (χ1v) is 11.2. The third-order valence-corrected chi connectivity index (χ3v) is 7.03. The first-order chi connectivity index (χ1) is 14.2. The van der Waals surface area contributed by atoms with Gasteiger partial charge in [0, 0.05) is 34.6 Å². The van der Waals surface area contributed by atoms with Crippen LogP contribution in [0.15, 0.2) is 48.5 Å². The van der Waals surface area contributed by atoms with Crippen molar-refractivity contribution in [2.24, 2.45) is 5.92 Å². The van der Waals surface area contributed by atoms with Crippen molar-refractivity contribution in [1.29, 1.82) is 0 Å². The van der Waals surface area contributed by atoms with Gasteiger partial charge >= 0.3 is 0 Å². The number of nitrogens with one attached hydrogen (secondary N) is 1. The van der Waals surface area contributed by atoms with E-state index in [1.165, 1.54) is 36.6 Å². The van der Waals surface area contributed by atoms with Crippen molar-refractivity contribution in [2.75, 3.05) is 6.54 Å². The molecule has 3 aromatic rings. The molecule has 1 aromatic heterocycles. The van der Waals surface area contributed by atoms with Crippen LogP contribution in [0.3, 0.4) is 0 Å². The first kappa shape index (κ1) is 18.7. The molecule has 0 spiro atoms. The topological polar surface area (TPSA) is 36.1 Å². The Kier molecular flexibility index (Phi) is 5.09. The number of nitrogens with zero attached hydrogens (tertiary/aromatic N) is 1. The Morgan fingerprint density at radius 1 is 1.07 bits per heavy atom. The Labute approximate surface area is 177 Å². The van der Waals surface area contributed by atoms with Crippen LogP contribution in [0.25, 0.3) is 10.9 Å². The fourth-order valence-electron chi connectivity index (χ4n) is 5.27. The first-order valence-electron chi connectivity index (χ1n) is 10.8. The Bertz CT molecular complexity index is 1020. The van der Waals surface area contributed by atoms with Gasteiger partial charge in [-0.3, -0.25) is 4.79 Å². The van der Waals surface area contributed by atoms with E-state index in [1.54, 1.807) is 0 Å². The highest BCUT2D eigenvalue weighted by Crippen LogP contribution is 2.39. The molecule has 1 aliphatic heterocycles. The number of rotatable bonds is 4. The number of carbonyl (C=O) groups excluding carboxylic acids is 1. The second-order valence-corrected chi connectivity index (χ2v) is 8.98. The average Bonchev–Trinajstić information content (AvgIpc) is 3.39. The molecule has 5 rings (SSSR count). The highest BCUT2D eigenvalue weighted by Gasteiger charge is 2.34. The zero-order chi connectivity index (χ0) is 19.8. The molecular weight excluding hydrogens is 380 g/mol. The molecule has 1 aliphatic carbocycles. The Morgan fingerprint density at radius 2 is 1.83 bits per heavy atom. The Morgan fingerprint density at radius 3 is 2.62 bits per heavy atom. The number of carbonyl (C=O) groups is 1. The van der Waals surface area contributed by atoms with Gasteiger partial charge < -0.3 is 9.88 Å². The monoisotopic (exact) mass is 406 g/mol. The molecule has 1 saturated carbocycles. The van der Waals surface area contributed by atoms with Crippen LogP contribution in [0.4, 0.5) is 0 Å². The number of hydrogen-bond donors (Lipinski definition) is 1. The zero-order valence-corrected chi connectivity index (χ0v) is 17.4. The molecule has 1 amide bonds. The maximum absolute atomic E-state index is 13.3. The summed E-state index contributed by atoms with van der Waals surface area (Å²) in [5.41, 5.74) is 4.78. The molecule has 3 nitrogen and oxygen atoms in total. The molecule has 150 valence electrons. The number of amides is 1. The van der Waals surface area contributed by atoms with Crippen LogP contribution in [0.5, 0.6) is 0 Å². The number of H-pyrrole nitrogens is 1. The molecule has 4 heteroatoms. The van der Waals surface area contributed by atoms with Gasteiger partial charge in [-0.1, -0.05) is 67.6 Å². The Balaban J connectivity index is 1.50. The summed E-state index contributed by atoms with van der Waals surface area (Å²) < 4.78 is 0. The molecule has 1 fully saturated rings. The molecule has 1 N–H and O–H groups in total. The van der Waals surface area contributed by atoms with E-state index in [0.29, 0.717) is 6.42 Å². The lowest BCUT2D eigenvalue weighted by Crippen LogP contribution is -2.40. The third-order valence-electron chi connectivity index (χ3n) is 6.78. The molecule has 2 aromatic carbocycles. The van der Waals surface area contributed by atoms with E-state index in [4.69, 9.17) is 11.6 Å². The van der Waals surface area contributed by atoms with Crippen LogP contribution in [0.2, 0.25) is 5.02 Å². The van der Waals surface area contributed by atoms with E-state index in [2.05, 4.69) is 46.3 Å². The maximum Gasteiger partial charge on any atom is 0.223 e. The summed E-state index contributed by atoms with van der Waals surface area (Å²) in [6.07, 6.45) is 7.83. The van der Waals surface area contributed by atoms with Gasteiger partial charge in [0.05, 0.1) is 6.04 Å². The zero-order valence-electron chi connectivity index (χ0n) is 16.7. The van der Waals surface area contributed by atoms with Crippen molar-refractivity contribution >= 4 is 28.4 Å². The van der Waals surface area contributed by atoms with Gasteiger partial charge in [0.1, 0.15) is 0 Å². The van der Waals surface area contributed by atoms with Gasteiger partial charge in [-0.2, -0.15) is 0 Å². The van der Waals surface area contributed by atoms with Gasteiger partial charge in [-0.25, -0.2) is 0 Å². The quantitative estimate of drug-likeness (QED) is 0.544. The molecule has 2 aliphatic rings. The largest absolute Gasteiger partial charge is 0.356 e. The normalized spacial score (nSPS) is 19.6. The Hall–Kier alpha value is -2.26. The minimum Gasteiger partial charge on any atom is -0.356 e. The molecule has 2 heterocycles. The lowest BCUT2D eigenvalue weighted by atomic mass is 9.91. The van der Waals surface area contributed by atoms with Crippen molar-refractivity contribution < 1.29 is 4.79 Å². The van der Waals surface area contributed by atoms with Crippen LogP contribution in [-0.4, -0.2) is 22.3 Å². The van der Waals surface area contributed by atoms with Crippen LogP contribution in [-0.2, 0) is 11.2 Å². The summed E-state index contributed by atoms with van der Waals surface area (Å²) in [6.45, 7) is 0.769. The van der Waals surface area contributed by atoms with Gasteiger partial charge in [0.2, 0.25) is 5.91 Å². The van der Waals surface area contributed by atoms with Crippen LogP contribution < -0.4 is 0 Å². The molecule has 0 unspecified atom stereocenters. The number of hydrogen-bond acceptors (Lipinski definition) is 1. The van der Waals surface area contributed by atoms with Crippen molar-refractivity contribution in [2.45, 2.75) is 51.0 Å². The van der Waals surface area contributed by atoms with E-state index < -0.39 is 0 Å². The number of halogens is 1. The molecule has 0 radical (unpaired) electrons. The lowest BCUT2D eigenvalue weighted by molar-refractivity contribution is -0.133. The van der Waals surface area contributed by atoms with E-state index in [0.717, 1.165) is 47.1 Å². The van der Waals surface area contributed by atoms with E-state index in [9.17, 15) is 4.79 Å². The van der Waals surface area contributed by atoms with Crippen LogP contribution >= 0.6 is 11.6 Å². The SMILES string of the molecule is O=C(CCC1CCCC1)N1CCc2c([nH]c3ccccc23)[C@@H]1c1ccc(Cl)cc1. The third kappa shape index (κ3) is 3.57. The van der Waals surface area contributed by atoms with Crippen molar-refractivity contribution in [3.63, 3.8) is 0 Å². The van der Waals surface area contributed by atoms with Crippen molar-refractivity contribution in [3.05, 3.63) is 70.4 Å². The highest BCUT2D eigenvalue weighted by molar-refractivity contribution is 6.30. The van der Waals surface area contributed by atoms with E-state index in [-0.39, 0.29) is 11.9 Å². The molecule has 1 atom stereocenters. The van der Waals surface area contributed by atoms with Gasteiger partial charge in [0.25, 0.3) is 0 Å². The van der Waals surface area contributed by atoms with E-state index in [1.807, 2.05) is 12.1 Å².